The van der Waals surface area contributed by atoms with E-state index in [1.54, 1.807) is 18.2 Å². The number of nitrogens with two attached hydrogens (primary N) is 1. The zero-order valence-electron chi connectivity index (χ0n) is 7.90. The lowest BCUT2D eigenvalue weighted by molar-refractivity contribution is -0.124. The van der Waals surface area contributed by atoms with Crippen LogP contribution in [0.3, 0.4) is 0 Å². The van der Waals surface area contributed by atoms with E-state index in [2.05, 4.69) is 11.8 Å². The summed E-state index contributed by atoms with van der Waals surface area (Å²) in [5, 5.41) is 8.17. The molecule has 0 bridgehead atoms. The van der Waals surface area contributed by atoms with Crippen molar-refractivity contribution in [1.29, 1.82) is 0 Å². The van der Waals surface area contributed by atoms with Gasteiger partial charge in [-0.2, -0.15) is 0 Å². The van der Waals surface area contributed by atoms with Crippen molar-refractivity contribution in [3.8, 4) is 11.8 Å². The first-order chi connectivity index (χ1) is 7.22. The van der Waals surface area contributed by atoms with Gasteiger partial charge in [-0.05, 0) is 24.3 Å². The van der Waals surface area contributed by atoms with Crippen LogP contribution >= 0.6 is 0 Å². The third kappa shape index (κ3) is 3.98. The van der Waals surface area contributed by atoms with E-state index < -0.39 is 5.91 Å². The van der Waals surface area contributed by atoms with E-state index in [9.17, 15) is 4.79 Å². The van der Waals surface area contributed by atoms with Crippen molar-refractivity contribution in [2.45, 2.75) is 0 Å². The molecule has 0 aliphatic heterocycles. The highest BCUT2D eigenvalue weighted by Gasteiger charge is 1.87. The molecule has 4 heteroatoms. The minimum absolute atomic E-state index is 0.614. The Morgan fingerprint density at radius 2 is 2.33 bits per heavy atom. The van der Waals surface area contributed by atoms with Gasteiger partial charge >= 0.3 is 0 Å². The maximum atomic E-state index is 10.5. The fourth-order valence-electron chi connectivity index (χ4n) is 0.896. The lowest BCUT2D eigenvalue weighted by Crippen LogP contribution is -2.14. The highest BCUT2D eigenvalue weighted by atomic mass is 16.5. The third-order valence-electron chi connectivity index (χ3n) is 1.53. The maximum absolute atomic E-state index is 10.5. The number of hydrogen-bond donors (Lipinski definition) is 3. The average Bonchev–Trinajstić information content (AvgIpc) is 2.24. The number of hydrogen-bond acceptors (Lipinski definition) is 3. The number of rotatable bonds is 1. The molecule has 1 amide bonds. The van der Waals surface area contributed by atoms with Crippen molar-refractivity contribution < 1.29 is 10.0 Å². The van der Waals surface area contributed by atoms with Gasteiger partial charge in [0.15, 0.2) is 0 Å². The second kappa shape index (κ2) is 5.47. The predicted octanol–water partition coefficient (Wildman–Crippen LogP) is 0.682. The highest BCUT2D eigenvalue weighted by molar-refractivity contribution is 5.86. The maximum Gasteiger partial charge on any atom is 0.267 e. The van der Waals surface area contributed by atoms with Crippen molar-refractivity contribution in [3.05, 3.63) is 42.0 Å². The van der Waals surface area contributed by atoms with Gasteiger partial charge in [-0.3, -0.25) is 10.0 Å². The highest BCUT2D eigenvalue weighted by Crippen LogP contribution is 2.04. The quantitative estimate of drug-likeness (QED) is 0.206. The van der Waals surface area contributed by atoms with Crippen LogP contribution in [0.1, 0.15) is 5.56 Å². The molecule has 0 aliphatic rings. The number of hydroxylamine groups is 1. The topological polar surface area (TPSA) is 75.4 Å². The molecule has 0 aliphatic carbocycles. The molecular weight excluding hydrogens is 192 g/mol. The zero-order valence-corrected chi connectivity index (χ0v) is 7.90. The molecule has 4 N–H and O–H groups in total. The number of nitrogens with one attached hydrogen (secondary N) is 1. The molecule has 0 heterocycles. The van der Waals surface area contributed by atoms with Gasteiger partial charge in [-0.15, -0.1) is 0 Å². The zero-order chi connectivity index (χ0) is 11.1. The Balaban J connectivity index is 2.66. The van der Waals surface area contributed by atoms with Crippen LogP contribution in [0, 0.1) is 11.8 Å². The van der Waals surface area contributed by atoms with Crippen LogP contribution in [-0.4, -0.2) is 11.1 Å². The van der Waals surface area contributed by atoms with Crippen LogP contribution in [-0.2, 0) is 4.79 Å². The van der Waals surface area contributed by atoms with E-state index in [-0.39, 0.29) is 0 Å². The monoisotopic (exact) mass is 202 g/mol. The van der Waals surface area contributed by atoms with Crippen LogP contribution in [0.25, 0.3) is 0 Å². The van der Waals surface area contributed by atoms with Crippen LogP contribution in [0.5, 0.6) is 0 Å². The Kier molecular flexibility index (Phi) is 3.95. The van der Waals surface area contributed by atoms with Crippen molar-refractivity contribution in [2.75, 3.05) is 5.73 Å². The van der Waals surface area contributed by atoms with E-state index in [4.69, 9.17) is 10.9 Å². The SMILES string of the molecule is Nc1cccc(C#C/C=C/C(=O)NO)c1. The van der Waals surface area contributed by atoms with Crippen LogP contribution in [0.2, 0.25) is 0 Å². The number of amides is 1. The molecule has 4 nitrogen and oxygen atoms in total. The molecule has 1 aromatic carbocycles. The third-order valence-corrected chi connectivity index (χ3v) is 1.53. The second-order valence-corrected chi connectivity index (χ2v) is 2.70. The van der Waals surface area contributed by atoms with Crippen LogP contribution < -0.4 is 11.2 Å². The van der Waals surface area contributed by atoms with E-state index in [1.807, 2.05) is 6.07 Å². The van der Waals surface area contributed by atoms with Crippen molar-refractivity contribution in [3.63, 3.8) is 0 Å². The standard InChI is InChI=1S/C11H10N2O2/c12-10-6-3-5-9(8-10)4-1-2-7-11(14)13-15/h2-3,5-8,15H,12H2,(H,13,14)/b7-2+. The summed E-state index contributed by atoms with van der Waals surface area (Å²) in [6, 6.07) is 7.10. The lowest BCUT2D eigenvalue weighted by atomic mass is 10.2. The molecule has 1 rings (SSSR count). The first-order valence-electron chi connectivity index (χ1n) is 4.20. The summed E-state index contributed by atoms with van der Waals surface area (Å²) >= 11 is 0. The minimum atomic E-state index is -0.614. The van der Waals surface area contributed by atoms with Crippen molar-refractivity contribution in [2.24, 2.45) is 0 Å². The normalized spacial score (nSPS) is 9.40. The van der Waals surface area contributed by atoms with E-state index in [1.165, 1.54) is 11.6 Å². The van der Waals surface area contributed by atoms with Gasteiger partial charge in [0.05, 0.1) is 0 Å². The van der Waals surface area contributed by atoms with Gasteiger partial charge in [0.2, 0.25) is 0 Å². The number of nitrogen functional groups attached to an aromatic ring is 1. The Bertz CT molecular complexity index is 441. The van der Waals surface area contributed by atoms with Gasteiger partial charge in [-0.25, -0.2) is 5.48 Å². The number of carbonyl (C=O) groups is 1. The van der Waals surface area contributed by atoms with Gasteiger partial charge in [0.1, 0.15) is 0 Å². The number of allylic oxidation sites excluding steroid dienone is 1. The molecule has 1 aromatic rings. The molecule has 15 heavy (non-hydrogen) atoms. The summed E-state index contributed by atoms with van der Waals surface area (Å²) in [5.41, 5.74) is 8.41. The van der Waals surface area contributed by atoms with Gasteiger partial charge in [-0.1, -0.05) is 17.9 Å². The number of benzene rings is 1. The summed E-state index contributed by atoms with van der Waals surface area (Å²) in [5.74, 6) is 4.81. The van der Waals surface area contributed by atoms with Gasteiger partial charge < -0.3 is 5.73 Å². The lowest BCUT2D eigenvalue weighted by Gasteiger charge is -1.91. The van der Waals surface area contributed by atoms with E-state index in [0.29, 0.717) is 5.69 Å². The molecule has 76 valence electrons. The molecule has 0 saturated carbocycles. The van der Waals surface area contributed by atoms with E-state index >= 15 is 0 Å². The van der Waals surface area contributed by atoms with Crippen molar-refractivity contribution >= 4 is 11.6 Å². The van der Waals surface area contributed by atoms with Gasteiger partial charge in [0.25, 0.3) is 5.91 Å². The molecule has 0 aromatic heterocycles. The van der Waals surface area contributed by atoms with Crippen LogP contribution in [0.15, 0.2) is 36.4 Å². The minimum Gasteiger partial charge on any atom is -0.399 e. The Labute approximate surface area is 87.4 Å². The average molecular weight is 202 g/mol. The summed E-state index contributed by atoms with van der Waals surface area (Å²) in [7, 11) is 0. The number of anilines is 1. The summed E-state index contributed by atoms with van der Waals surface area (Å²) in [6.07, 6.45) is 2.47. The summed E-state index contributed by atoms with van der Waals surface area (Å²) < 4.78 is 0. The molecule has 0 atom stereocenters. The smallest absolute Gasteiger partial charge is 0.267 e. The first kappa shape index (κ1) is 10.8. The second-order valence-electron chi connectivity index (χ2n) is 2.70. The van der Waals surface area contributed by atoms with E-state index in [0.717, 1.165) is 11.6 Å². The van der Waals surface area contributed by atoms with Gasteiger partial charge in [0, 0.05) is 17.3 Å². The molecule has 0 saturated heterocycles. The molecule has 0 radical (unpaired) electrons. The number of carbonyl (C=O) groups excluding carboxylic acids is 1. The fraction of sp³-hybridized carbons (Fsp3) is 0. The Morgan fingerprint density at radius 1 is 1.53 bits per heavy atom. The largest absolute Gasteiger partial charge is 0.399 e. The predicted molar refractivity (Wildman–Crippen MR) is 56.8 cm³/mol. The first-order valence-corrected chi connectivity index (χ1v) is 4.20. The summed E-state index contributed by atoms with van der Waals surface area (Å²) in [4.78, 5) is 10.5. The Morgan fingerprint density at radius 3 is 3.00 bits per heavy atom. The Hall–Kier alpha value is -2.25. The molecule has 0 fully saturated rings. The molecule has 0 unspecified atom stereocenters. The molecule has 0 spiro atoms. The summed E-state index contributed by atoms with van der Waals surface area (Å²) in [6.45, 7) is 0. The van der Waals surface area contributed by atoms with Crippen molar-refractivity contribution in [1.82, 2.24) is 5.48 Å². The molecular formula is C11H10N2O2. The van der Waals surface area contributed by atoms with Crippen LogP contribution in [0.4, 0.5) is 5.69 Å². The fourth-order valence-corrected chi connectivity index (χ4v) is 0.896.